The number of halogens is 1. The lowest BCUT2D eigenvalue weighted by Gasteiger charge is -2.11. The molecule has 0 aliphatic rings. The smallest absolute Gasteiger partial charge is 0.242 e. The Bertz CT molecular complexity index is 748. The SMILES string of the molecule is CNS(=O)(=O)c1ccc(NCc2cccc(Br)c2)cc1N. The van der Waals surface area contributed by atoms with E-state index in [0.717, 1.165) is 15.7 Å². The molecule has 0 amide bonds. The Hall–Kier alpha value is -1.57. The molecule has 0 bridgehead atoms. The molecule has 0 saturated heterocycles. The van der Waals surface area contributed by atoms with Gasteiger partial charge < -0.3 is 11.1 Å². The van der Waals surface area contributed by atoms with Crippen molar-refractivity contribution < 1.29 is 8.42 Å². The summed E-state index contributed by atoms with van der Waals surface area (Å²) in [5.41, 5.74) is 7.89. The molecular weight excluding hydrogens is 354 g/mol. The Morgan fingerprint density at radius 2 is 1.95 bits per heavy atom. The van der Waals surface area contributed by atoms with Gasteiger partial charge in [-0.05, 0) is 42.9 Å². The van der Waals surface area contributed by atoms with Crippen LogP contribution in [0.1, 0.15) is 5.56 Å². The second-order valence-electron chi connectivity index (χ2n) is 4.44. The summed E-state index contributed by atoms with van der Waals surface area (Å²) < 4.78 is 26.7. The molecule has 4 N–H and O–H groups in total. The molecule has 2 aromatic rings. The lowest BCUT2D eigenvalue weighted by atomic mass is 10.2. The third-order valence-electron chi connectivity index (χ3n) is 2.95. The molecule has 0 radical (unpaired) electrons. The maximum Gasteiger partial charge on any atom is 0.242 e. The van der Waals surface area contributed by atoms with Gasteiger partial charge in [0.05, 0.1) is 5.69 Å². The molecule has 0 aromatic heterocycles. The first kappa shape index (κ1) is 15.8. The largest absolute Gasteiger partial charge is 0.398 e. The Morgan fingerprint density at radius 1 is 1.19 bits per heavy atom. The van der Waals surface area contributed by atoms with Crippen molar-refractivity contribution in [2.45, 2.75) is 11.4 Å². The van der Waals surface area contributed by atoms with E-state index in [2.05, 4.69) is 26.0 Å². The van der Waals surface area contributed by atoms with Crippen LogP contribution in [0.25, 0.3) is 0 Å². The molecule has 0 atom stereocenters. The number of anilines is 2. The molecule has 2 rings (SSSR count). The summed E-state index contributed by atoms with van der Waals surface area (Å²) in [6.07, 6.45) is 0. The lowest BCUT2D eigenvalue weighted by Crippen LogP contribution is -2.20. The Kier molecular flexibility index (Phi) is 4.87. The van der Waals surface area contributed by atoms with E-state index in [-0.39, 0.29) is 10.6 Å². The minimum absolute atomic E-state index is 0.0815. The molecule has 5 nitrogen and oxygen atoms in total. The number of hydrogen-bond donors (Lipinski definition) is 3. The number of sulfonamides is 1. The summed E-state index contributed by atoms with van der Waals surface area (Å²) >= 11 is 3.42. The second-order valence-corrected chi connectivity index (χ2v) is 7.21. The summed E-state index contributed by atoms with van der Waals surface area (Å²) in [5, 5.41) is 3.21. The van der Waals surface area contributed by atoms with Gasteiger partial charge in [-0.1, -0.05) is 28.1 Å². The van der Waals surface area contributed by atoms with Gasteiger partial charge in [0.2, 0.25) is 10.0 Å². The zero-order valence-corrected chi connectivity index (χ0v) is 13.8. The van der Waals surface area contributed by atoms with Crippen molar-refractivity contribution in [3.05, 3.63) is 52.5 Å². The molecule has 0 unspecified atom stereocenters. The normalized spacial score (nSPS) is 11.3. The van der Waals surface area contributed by atoms with Crippen molar-refractivity contribution in [3.8, 4) is 0 Å². The Balaban J connectivity index is 2.14. The molecule has 21 heavy (non-hydrogen) atoms. The third kappa shape index (κ3) is 3.96. The number of rotatable bonds is 5. The first-order valence-corrected chi connectivity index (χ1v) is 8.51. The van der Waals surface area contributed by atoms with Crippen molar-refractivity contribution in [3.63, 3.8) is 0 Å². The average Bonchev–Trinajstić information content (AvgIpc) is 2.45. The van der Waals surface area contributed by atoms with Gasteiger partial charge in [0.15, 0.2) is 0 Å². The highest BCUT2D eigenvalue weighted by atomic mass is 79.9. The molecular formula is C14H16BrN3O2S. The number of hydrogen-bond acceptors (Lipinski definition) is 4. The first-order valence-electron chi connectivity index (χ1n) is 6.24. The number of benzene rings is 2. The minimum atomic E-state index is -3.53. The molecule has 7 heteroatoms. The van der Waals surface area contributed by atoms with Crippen LogP contribution in [0, 0.1) is 0 Å². The quantitative estimate of drug-likeness (QED) is 0.707. The average molecular weight is 370 g/mol. The van der Waals surface area contributed by atoms with Crippen LogP contribution in [-0.4, -0.2) is 15.5 Å². The van der Waals surface area contributed by atoms with E-state index in [1.807, 2.05) is 24.3 Å². The molecule has 0 aliphatic carbocycles. The van der Waals surface area contributed by atoms with Gasteiger partial charge in [-0.2, -0.15) is 0 Å². The predicted molar refractivity (Wildman–Crippen MR) is 88.6 cm³/mol. The van der Waals surface area contributed by atoms with Crippen LogP contribution >= 0.6 is 15.9 Å². The fourth-order valence-corrected chi connectivity index (χ4v) is 3.15. The van der Waals surface area contributed by atoms with Gasteiger partial charge in [-0.25, -0.2) is 13.1 Å². The number of nitrogen functional groups attached to an aromatic ring is 1. The molecule has 0 saturated carbocycles. The standard InChI is InChI=1S/C14H16BrN3O2S/c1-17-21(19,20)14-6-5-12(8-13(14)16)18-9-10-3-2-4-11(15)7-10/h2-8,17-18H,9,16H2,1H3. The maximum absolute atomic E-state index is 11.7. The van der Waals surface area contributed by atoms with E-state index >= 15 is 0 Å². The third-order valence-corrected chi connectivity index (χ3v) is 4.94. The molecule has 0 heterocycles. The second kappa shape index (κ2) is 6.46. The van der Waals surface area contributed by atoms with Crippen LogP contribution in [0.5, 0.6) is 0 Å². The van der Waals surface area contributed by atoms with E-state index in [1.54, 1.807) is 12.1 Å². The van der Waals surface area contributed by atoms with Gasteiger partial charge in [0.25, 0.3) is 0 Å². The van der Waals surface area contributed by atoms with Crippen molar-refractivity contribution in [1.29, 1.82) is 0 Å². The van der Waals surface area contributed by atoms with Crippen LogP contribution in [0.2, 0.25) is 0 Å². The van der Waals surface area contributed by atoms with Gasteiger partial charge in [0.1, 0.15) is 4.90 Å². The van der Waals surface area contributed by atoms with Crippen LogP contribution in [0.3, 0.4) is 0 Å². The molecule has 112 valence electrons. The van der Waals surface area contributed by atoms with Crippen molar-refractivity contribution >= 4 is 37.3 Å². The van der Waals surface area contributed by atoms with Gasteiger partial charge in [-0.3, -0.25) is 0 Å². The molecule has 0 fully saturated rings. The highest BCUT2D eigenvalue weighted by Crippen LogP contribution is 2.22. The first-order chi connectivity index (χ1) is 9.92. The molecule has 0 aliphatic heterocycles. The van der Waals surface area contributed by atoms with Crippen LogP contribution in [-0.2, 0) is 16.6 Å². The van der Waals surface area contributed by atoms with E-state index in [4.69, 9.17) is 5.73 Å². The van der Waals surface area contributed by atoms with Crippen molar-refractivity contribution in [2.24, 2.45) is 0 Å². The monoisotopic (exact) mass is 369 g/mol. The van der Waals surface area contributed by atoms with Crippen molar-refractivity contribution in [2.75, 3.05) is 18.1 Å². The summed E-state index contributed by atoms with van der Waals surface area (Å²) in [6, 6.07) is 12.7. The van der Waals surface area contributed by atoms with E-state index in [1.165, 1.54) is 13.1 Å². The summed E-state index contributed by atoms with van der Waals surface area (Å²) in [4.78, 5) is 0.0815. The number of nitrogens with one attached hydrogen (secondary N) is 2. The number of nitrogens with two attached hydrogens (primary N) is 1. The summed E-state index contributed by atoms with van der Waals surface area (Å²) in [5.74, 6) is 0. The lowest BCUT2D eigenvalue weighted by molar-refractivity contribution is 0.588. The predicted octanol–water partition coefficient (Wildman–Crippen LogP) is 2.55. The highest BCUT2D eigenvalue weighted by molar-refractivity contribution is 9.10. The van der Waals surface area contributed by atoms with E-state index in [0.29, 0.717) is 6.54 Å². The van der Waals surface area contributed by atoms with Gasteiger partial charge in [0, 0.05) is 16.7 Å². The zero-order chi connectivity index (χ0) is 15.5. The fraction of sp³-hybridized carbons (Fsp3) is 0.143. The van der Waals surface area contributed by atoms with E-state index < -0.39 is 10.0 Å². The zero-order valence-electron chi connectivity index (χ0n) is 11.4. The maximum atomic E-state index is 11.7. The van der Waals surface area contributed by atoms with Gasteiger partial charge >= 0.3 is 0 Å². The van der Waals surface area contributed by atoms with Gasteiger partial charge in [-0.15, -0.1) is 0 Å². The summed E-state index contributed by atoms with van der Waals surface area (Å²) in [7, 11) is -2.17. The summed E-state index contributed by atoms with van der Waals surface area (Å²) in [6.45, 7) is 0.622. The van der Waals surface area contributed by atoms with Crippen LogP contribution in [0.4, 0.5) is 11.4 Å². The van der Waals surface area contributed by atoms with Crippen LogP contribution in [0.15, 0.2) is 51.8 Å². The molecule has 0 spiro atoms. The topological polar surface area (TPSA) is 84.2 Å². The Morgan fingerprint density at radius 3 is 2.57 bits per heavy atom. The van der Waals surface area contributed by atoms with Crippen LogP contribution < -0.4 is 15.8 Å². The molecule has 2 aromatic carbocycles. The highest BCUT2D eigenvalue weighted by Gasteiger charge is 2.15. The Labute approximate surface area is 132 Å². The minimum Gasteiger partial charge on any atom is -0.398 e. The van der Waals surface area contributed by atoms with E-state index in [9.17, 15) is 8.42 Å². The van der Waals surface area contributed by atoms with Crippen molar-refractivity contribution in [1.82, 2.24) is 4.72 Å². The fourth-order valence-electron chi connectivity index (χ4n) is 1.86.